The summed E-state index contributed by atoms with van der Waals surface area (Å²) in [6.45, 7) is 8.80. The molecule has 0 aromatic heterocycles. The molecular formula is C11H24N4O2. The van der Waals surface area contributed by atoms with Crippen LogP contribution in [0.1, 0.15) is 27.2 Å². The highest BCUT2D eigenvalue weighted by molar-refractivity contribution is 4.72. The van der Waals surface area contributed by atoms with Crippen LogP contribution in [0.15, 0.2) is 5.11 Å². The molecule has 0 heterocycles. The van der Waals surface area contributed by atoms with Gasteiger partial charge in [0.15, 0.2) is 0 Å². The van der Waals surface area contributed by atoms with Gasteiger partial charge in [-0.1, -0.05) is 12.0 Å². The van der Waals surface area contributed by atoms with Crippen molar-refractivity contribution >= 4 is 0 Å². The number of hydrogen-bond donors (Lipinski definition) is 1. The van der Waals surface area contributed by atoms with E-state index in [0.717, 1.165) is 6.42 Å². The van der Waals surface area contributed by atoms with E-state index in [9.17, 15) is 0 Å². The van der Waals surface area contributed by atoms with Gasteiger partial charge in [0.05, 0.1) is 18.8 Å². The van der Waals surface area contributed by atoms with E-state index in [0.29, 0.717) is 38.8 Å². The molecule has 0 aliphatic heterocycles. The minimum absolute atomic E-state index is 0.349. The van der Waals surface area contributed by atoms with Gasteiger partial charge in [0.1, 0.15) is 0 Å². The van der Waals surface area contributed by atoms with E-state index >= 15 is 0 Å². The molecule has 0 bridgehead atoms. The van der Waals surface area contributed by atoms with E-state index in [2.05, 4.69) is 16.9 Å². The van der Waals surface area contributed by atoms with Gasteiger partial charge >= 0.3 is 0 Å². The summed E-state index contributed by atoms with van der Waals surface area (Å²) in [4.78, 5) is 2.73. The van der Waals surface area contributed by atoms with E-state index in [-0.39, 0.29) is 0 Å². The Morgan fingerprint density at radius 2 is 2.12 bits per heavy atom. The normalized spacial score (nSPS) is 13.2. The predicted octanol–water partition coefficient (Wildman–Crippen LogP) is 2.09. The second-order valence-corrected chi connectivity index (χ2v) is 4.75. The highest BCUT2D eigenvalue weighted by atomic mass is 16.5. The summed E-state index contributed by atoms with van der Waals surface area (Å²) in [5.41, 5.74) is 13.2. The van der Waals surface area contributed by atoms with Crippen LogP contribution in [0.25, 0.3) is 10.4 Å². The molecule has 6 heteroatoms. The largest absolute Gasteiger partial charge is 0.380 e. The minimum Gasteiger partial charge on any atom is -0.380 e. The minimum atomic E-state index is -0.399. The first-order valence-corrected chi connectivity index (χ1v) is 5.94. The van der Waals surface area contributed by atoms with Crippen molar-refractivity contribution in [2.45, 2.75) is 32.8 Å². The molecule has 0 rings (SSSR count). The first kappa shape index (κ1) is 16.2. The van der Waals surface area contributed by atoms with Crippen molar-refractivity contribution in [2.75, 3.05) is 32.9 Å². The third-order valence-corrected chi connectivity index (χ3v) is 2.28. The average molecular weight is 244 g/mol. The molecule has 100 valence electrons. The summed E-state index contributed by atoms with van der Waals surface area (Å²) in [5, 5.41) is 3.52. The lowest BCUT2D eigenvalue weighted by atomic mass is 10.1. The maximum atomic E-state index is 8.24. The SMILES string of the molecule is CC(CCOC(C)(C)CN=[N+]=[N-])COCCN. The summed E-state index contributed by atoms with van der Waals surface area (Å²) >= 11 is 0. The number of azide groups is 1. The number of hydrogen-bond acceptors (Lipinski definition) is 4. The van der Waals surface area contributed by atoms with Gasteiger partial charge < -0.3 is 15.2 Å². The first-order chi connectivity index (χ1) is 8.02. The third-order valence-electron chi connectivity index (χ3n) is 2.28. The Bertz CT molecular complexity index is 240. The monoisotopic (exact) mass is 244 g/mol. The number of rotatable bonds is 10. The molecule has 0 spiro atoms. The quantitative estimate of drug-likeness (QED) is 0.276. The van der Waals surface area contributed by atoms with E-state index in [4.69, 9.17) is 20.7 Å². The van der Waals surface area contributed by atoms with Gasteiger partial charge in [-0.2, -0.15) is 0 Å². The summed E-state index contributed by atoms with van der Waals surface area (Å²) in [5.74, 6) is 0.441. The lowest BCUT2D eigenvalue weighted by Crippen LogP contribution is -2.29. The van der Waals surface area contributed by atoms with Crippen LogP contribution in [0, 0.1) is 5.92 Å². The van der Waals surface area contributed by atoms with Gasteiger partial charge in [-0.05, 0) is 31.7 Å². The van der Waals surface area contributed by atoms with Crippen LogP contribution in [0.3, 0.4) is 0 Å². The topological polar surface area (TPSA) is 93.2 Å². The fraction of sp³-hybridized carbons (Fsp3) is 1.00. The molecular weight excluding hydrogens is 220 g/mol. The molecule has 0 saturated carbocycles. The number of ether oxygens (including phenoxy) is 2. The maximum Gasteiger partial charge on any atom is 0.0682 e. The Hall–Kier alpha value is -0.810. The smallest absolute Gasteiger partial charge is 0.0682 e. The maximum absolute atomic E-state index is 8.24. The molecule has 0 aromatic rings. The van der Waals surface area contributed by atoms with Gasteiger partial charge in [0, 0.05) is 24.7 Å². The van der Waals surface area contributed by atoms with Crippen LogP contribution in [-0.2, 0) is 9.47 Å². The highest BCUT2D eigenvalue weighted by Crippen LogP contribution is 2.12. The van der Waals surface area contributed by atoms with Crippen LogP contribution in [0.2, 0.25) is 0 Å². The van der Waals surface area contributed by atoms with E-state index < -0.39 is 5.60 Å². The van der Waals surface area contributed by atoms with Gasteiger partial charge in [-0.3, -0.25) is 0 Å². The Morgan fingerprint density at radius 1 is 1.41 bits per heavy atom. The van der Waals surface area contributed by atoms with Gasteiger partial charge in [0.25, 0.3) is 0 Å². The molecule has 0 fully saturated rings. The molecule has 0 aliphatic carbocycles. The summed E-state index contributed by atoms with van der Waals surface area (Å²) in [6, 6.07) is 0. The fourth-order valence-electron chi connectivity index (χ4n) is 1.24. The molecule has 6 nitrogen and oxygen atoms in total. The Kier molecular flexibility index (Phi) is 8.80. The van der Waals surface area contributed by atoms with Crippen LogP contribution in [0.5, 0.6) is 0 Å². The first-order valence-electron chi connectivity index (χ1n) is 5.94. The van der Waals surface area contributed by atoms with Crippen molar-refractivity contribution in [1.29, 1.82) is 0 Å². The number of nitrogens with zero attached hydrogens (tertiary/aromatic N) is 3. The van der Waals surface area contributed by atoms with Crippen LogP contribution in [0.4, 0.5) is 0 Å². The summed E-state index contributed by atoms with van der Waals surface area (Å²) in [7, 11) is 0. The average Bonchev–Trinajstić information content (AvgIpc) is 2.26. The molecule has 0 amide bonds. The standard InChI is InChI=1S/C11H24N4O2/c1-10(8-16-7-5-12)4-6-17-11(2,3)9-14-15-13/h10H,4-9,12H2,1-3H3. The van der Waals surface area contributed by atoms with Crippen molar-refractivity contribution < 1.29 is 9.47 Å². The van der Waals surface area contributed by atoms with Crippen LogP contribution < -0.4 is 5.73 Å². The summed E-state index contributed by atoms with van der Waals surface area (Å²) in [6.07, 6.45) is 0.921. The Balaban J connectivity index is 3.63. The molecule has 0 radical (unpaired) electrons. The molecule has 1 atom stereocenters. The van der Waals surface area contributed by atoms with Gasteiger partial charge in [-0.25, -0.2) is 0 Å². The van der Waals surface area contributed by atoms with Crippen molar-refractivity contribution in [2.24, 2.45) is 16.8 Å². The molecule has 0 aromatic carbocycles. The Labute approximate surface area is 103 Å². The van der Waals surface area contributed by atoms with Gasteiger partial charge in [-0.15, -0.1) is 0 Å². The summed E-state index contributed by atoms with van der Waals surface area (Å²) < 4.78 is 11.0. The second kappa shape index (κ2) is 9.24. The molecule has 0 saturated heterocycles. The van der Waals surface area contributed by atoms with Crippen molar-refractivity contribution in [3.05, 3.63) is 10.4 Å². The third kappa shape index (κ3) is 10.1. The van der Waals surface area contributed by atoms with Crippen molar-refractivity contribution in [3.8, 4) is 0 Å². The van der Waals surface area contributed by atoms with Crippen molar-refractivity contribution in [3.63, 3.8) is 0 Å². The van der Waals surface area contributed by atoms with E-state index in [1.54, 1.807) is 0 Å². The predicted molar refractivity (Wildman–Crippen MR) is 67.7 cm³/mol. The number of nitrogens with two attached hydrogens (primary N) is 1. The lowest BCUT2D eigenvalue weighted by Gasteiger charge is -2.24. The molecule has 1 unspecified atom stereocenters. The molecule has 0 aliphatic rings. The fourth-order valence-corrected chi connectivity index (χ4v) is 1.24. The molecule has 2 N–H and O–H groups in total. The second-order valence-electron chi connectivity index (χ2n) is 4.75. The van der Waals surface area contributed by atoms with E-state index in [1.165, 1.54) is 0 Å². The zero-order chi connectivity index (χ0) is 13.1. The van der Waals surface area contributed by atoms with E-state index in [1.807, 2.05) is 13.8 Å². The van der Waals surface area contributed by atoms with Crippen LogP contribution >= 0.6 is 0 Å². The van der Waals surface area contributed by atoms with Crippen LogP contribution in [-0.4, -0.2) is 38.5 Å². The molecule has 17 heavy (non-hydrogen) atoms. The highest BCUT2D eigenvalue weighted by Gasteiger charge is 2.17. The lowest BCUT2D eigenvalue weighted by molar-refractivity contribution is -0.0203. The van der Waals surface area contributed by atoms with Gasteiger partial charge in [0.2, 0.25) is 0 Å². The van der Waals surface area contributed by atoms with Crippen molar-refractivity contribution in [1.82, 2.24) is 0 Å². The zero-order valence-corrected chi connectivity index (χ0v) is 11.1. The Morgan fingerprint density at radius 3 is 2.71 bits per heavy atom. The zero-order valence-electron chi connectivity index (χ0n) is 11.1.